The van der Waals surface area contributed by atoms with E-state index in [1.54, 1.807) is 6.07 Å². The summed E-state index contributed by atoms with van der Waals surface area (Å²) in [5, 5.41) is 6.69. The van der Waals surface area contributed by atoms with Gasteiger partial charge in [0.25, 0.3) is 0 Å². The van der Waals surface area contributed by atoms with Crippen molar-refractivity contribution in [3.63, 3.8) is 0 Å². The maximum absolute atomic E-state index is 13.1. The third-order valence-electron chi connectivity index (χ3n) is 3.55. The first-order chi connectivity index (χ1) is 9.81. The van der Waals surface area contributed by atoms with Crippen LogP contribution in [-0.4, -0.2) is 11.5 Å². The molecule has 3 nitrogen and oxygen atoms in total. The summed E-state index contributed by atoms with van der Waals surface area (Å²) in [5.41, 5.74) is 1.99. The monoisotopic (exact) mass is 271 g/mol. The van der Waals surface area contributed by atoms with Gasteiger partial charge in [0, 0.05) is 12.6 Å². The van der Waals surface area contributed by atoms with Gasteiger partial charge in [-0.3, -0.25) is 0 Å². The zero-order chi connectivity index (χ0) is 13.8. The molecule has 4 heteroatoms. The van der Waals surface area contributed by atoms with Crippen LogP contribution < -0.4 is 10.6 Å². The van der Waals surface area contributed by atoms with Crippen molar-refractivity contribution in [2.45, 2.75) is 25.4 Å². The van der Waals surface area contributed by atoms with Gasteiger partial charge in [-0.25, -0.2) is 9.37 Å². The molecule has 1 aliphatic heterocycles. The molecule has 1 fully saturated rings. The molecule has 104 valence electrons. The number of anilines is 1. The van der Waals surface area contributed by atoms with E-state index >= 15 is 0 Å². The average Bonchev–Trinajstić information content (AvgIpc) is 3.00. The van der Waals surface area contributed by atoms with Crippen LogP contribution in [0, 0.1) is 5.82 Å². The van der Waals surface area contributed by atoms with Gasteiger partial charge in [-0.15, -0.1) is 0 Å². The highest BCUT2D eigenvalue weighted by atomic mass is 19.1. The van der Waals surface area contributed by atoms with E-state index in [9.17, 15) is 4.39 Å². The lowest BCUT2D eigenvalue weighted by atomic mass is 10.1. The summed E-state index contributed by atoms with van der Waals surface area (Å²) in [4.78, 5) is 4.62. The van der Waals surface area contributed by atoms with E-state index in [1.807, 2.05) is 18.2 Å². The molecule has 0 spiro atoms. The van der Waals surface area contributed by atoms with Crippen LogP contribution in [0.3, 0.4) is 0 Å². The highest BCUT2D eigenvalue weighted by Gasteiger charge is 2.17. The summed E-state index contributed by atoms with van der Waals surface area (Å²) in [7, 11) is 0. The molecule has 0 saturated carbocycles. The maximum Gasteiger partial charge on any atom is 0.126 e. The highest BCUT2D eigenvalue weighted by molar-refractivity contribution is 5.37. The fraction of sp³-hybridized carbons (Fsp3) is 0.312. The summed E-state index contributed by atoms with van der Waals surface area (Å²) in [6.07, 6.45) is 2.34. The van der Waals surface area contributed by atoms with E-state index < -0.39 is 0 Å². The standard InChI is InChI=1S/C16H18FN3/c17-13-5-1-4-12(10-13)11-19-16-8-2-6-15(20-16)14-7-3-9-18-14/h1-2,4-6,8,10,14,18H,3,7,9,11H2,(H,19,20)/t14-/m0/s1. The van der Waals surface area contributed by atoms with Gasteiger partial charge in [-0.05, 0) is 49.2 Å². The fourth-order valence-corrected chi connectivity index (χ4v) is 2.52. The van der Waals surface area contributed by atoms with E-state index in [1.165, 1.54) is 18.6 Å². The normalized spacial score (nSPS) is 18.1. The summed E-state index contributed by atoms with van der Waals surface area (Å²) in [6.45, 7) is 1.64. The lowest BCUT2D eigenvalue weighted by Crippen LogP contribution is -2.14. The second kappa shape index (κ2) is 6.01. The quantitative estimate of drug-likeness (QED) is 0.896. The zero-order valence-corrected chi connectivity index (χ0v) is 11.3. The molecule has 0 amide bonds. The minimum Gasteiger partial charge on any atom is -0.366 e. The molecule has 20 heavy (non-hydrogen) atoms. The molecule has 2 heterocycles. The summed E-state index contributed by atoms with van der Waals surface area (Å²) in [5.74, 6) is 0.627. The summed E-state index contributed by atoms with van der Waals surface area (Å²) < 4.78 is 13.1. The topological polar surface area (TPSA) is 37.0 Å². The molecule has 0 bridgehead atoms. The second-order valence-corrected chi connectivity index (χ2v) is 5.08. The number of aromatic nitrogens is 1. The number of halogens is 1. The third kappa shape index (κ3) is 3.14. The van der Waals surface area contributed by atoms with Crippen molar-refractivity contribution in [3.05, 3.63) is 59.5 Å². The molecule has 2 aromatic rings. The lowest BCUT2D eigenvalue weighted by molar-refractivity contribution is 0.625. The summed E-state index contributed by atoms with van der Waals surface area (Å²) in [6, 6.07) is 13.0. The van der Waals surface area contributed by atoms with Gasteiger partial charge >= 0.3 is 0 Å². The number of pyridine rings is 1. The van der Waals surface area contributed by atoms with Crippen molar-refractivity contribution in [3.8, 4) is 0 Å². The van der Waals surface area contributed by atoms with Crippen molar-refractivity contribution in [1.29, 1.82) is 0 Å². The van der Waals surface area contributed by atoms with Gasteiger partial charge in [0.15, 0.2) is 0 Å². The van der Waals surface area contributed by atoms with Gasteiger partial charge in [0.05, 0.1) is 5.69 Å². The predicted molar refractivity (Wildman–Crippen MR) is 77.9 cm³/mol. The van der Waals surface area contributed by atoms with Crippen molar-refractivity contribution in [2.24, 2.45) is 0 Å². The van der Waals surface area contributed by atoms with Crippen LogP contribution in [-0.2, 0) is 6.54 Å². The van der Waals surface area contributed by atoms with Gasteiger partial charge in [0.1, 0.15) is 11.6 Å². The number of rotatable bonds is 4. The Morgan fingerprint density at radius 1 is 1.25 bits per heavy atom. The van der Waals surface area contributed by atoms with E-state index in [2.05, 4.69) is 21.7 Å². The van der Waals surface area contributed by atoms with Gasteiger partial charge in [-0.2, -0.15) is 0 Å². The minimum atomic E-state index is -0.207. The predicted octanol–water partition coefficient (Wildman–Crippen LogP) is 3.26. The molecule has 1 aliphatic rings. The Morgan fingerprint density at radius 2 is 2.15 bits per heavy atom. The van der Waals surface area contributed by atoms with E-state index in [-0.39, 0.29) is 5.82 Å². The van der Waals surface area contributed by atoms with E-state index in [4.69, 9.17) is 0 Å². The van der Waals surface area contributed by atoms with Crippen LogP contribution >= 0.6 is 0 Å². The Bertz CT molecular complexity index is 579. The third-order valence-corrected chi connectivity index (χ3v) is 3.55. The van der Waals surface area contributed by atoms with Crippen LogP contribution in [0.15, 0.2) is 42.5 Å². The maximum atomic E-state index is 13.1. The first kappa shape index (κ1) is 13.1. The van der Waals surface area contributed by atoms with Crippen molar-refractivity contribution >= 4 is 5.82 Å². The molecule has 0 aliphatic carbocycles. The van der Waals surface area contributed by atoms with E-state index in [0.717, 1.165) is 30.0 Å². The lowest BCUT2D eigenvalue weighted by Gasteiger charge is -2.12. The molecular formula is C16H18FN3. The van der Waals surface area contributed by atoms with Crippen molar-refractivity contribution < 1.29 is 4.39 Å². The molecule has 3 rings (SSSR count). The largest absolute Gasteiger partial charge is 0.366 e. The number of benzene rings is 1. The van der Waals surface area contributed by atoms with Crippen LogP contribution in [0.1, 0.15) is 30.1 Å². The Labute approximate surface area is 118 Å². The average molecular weight is 271 g/mol. The molecule has 0 unspecified atom stereocenters. The number of nitrogens with zero attached hydrogens (tertiary/aromatic N) is 1. The molecule has 1 saturated heterocycles. The van der Waals surface area contributed by atoms with Gasteiger partial charge in [-0.1, -0.05) is 18.2 Å². The van der Waals surface area contributed by atoms with Crippen LogP contribution in [0.25, 0.3) is 0 Å². The van der Waals surface area contributed by atoms with Crippen LogP contribution in [0.4, 0.5) is 10.2 Å². The Morgan fingerprint density at radius 3 is 2.95 bits per heavy atom. The molecule has 1 aromatic carbocycles. The van der Waals surface area contributed by atoms with Crippen molar-refractivity contribution in [2.75, 3.05) is 11.9 Å². The van der Waals surface area contributed by atoms with Gasteiger partial charge < -0.3 is 10.6 Å². The number of nitrogens with one attached hydrogen (secondary N) is 2. The number of hydrogen-bond donors (Lipinski definition) is 2. The van der Waals surface area contributed by atoms with Crippen LogP contribution in [0.2, 0.25) is 0 Å². The first-order valence-electron chi connectivity index (χ1n) is 7.00. The number of hydrogen-bond acceptors (Lipinski definition) is 3. The second-order valence-electron chi connectivity index (χ2n) is 5.08. The fourth-order valence-electron chi connectivity index (χ4n) is 2.52. The van der Waals surface area contributed by atoms with Crippen LogP contribution in [0.5, 0.6) is 0 Å². The highest BCUT2D eigenvalue weighted by Crippen LogP contribution is 2.22. The molecule has 2 N–H and O–H groups in total. The zero-order valence-electron chi connectivity index (χ0n) is 11.3. The Hall–Kier alpha value is -1.94. The smallest absolute Gasteiger partial charge is 0.126 e. The molecule has 0 radical (unpaired) electrons. The minimum absolute atomic E-state index is 0.207. The summed E-state index contributed by atoms with van der Waals surface area (Å²) >= 11 is 0. The Kier molecular flexibility index (Phi) is 3.92. The SMILES string of the molecule is Fc1cccc(CNc2cccc([C@@H]3CCCN3)n2)c1. The molecular weight excluding hydrogens is 253 g/mol. The Balaban J connectivity index is 1.66. The van der Waals surface area contributed by atoms with E-state index in [0.29, 0.717) is 12.6 Å². The van der Waals surface area contributed by atoms with Crippen molar-refractivity contribution in [1.82, 2.24) is 10.3 Å². The molecule has 1 atom stereocenters. The molecule has 1 aromatic heterocycles. The first-order valence-corrected chi connectivity index (χ1v) is 7.00. The van der Waals surface area contributed by atoms with Gasteiger partial charge in [0.2, 0.25) is 0 Å².